The molecule has 1 aliphatic heterocycles. The Bertz CT molecular complexity index is 374. The minimum absolute atomic E-state index is 0.0495. The molecule has 1 aromatic heterocycles. The predicted molar refractivity (Wildman–Crippen MR) is 51.2 cm³/mol. The fraction of sp³-hybridized carbons (Fsp3) is 0.778. The summed E-state index contributed by atoms with van der Waals surface area (Å²) in [6, 6.07) is 0. The van der Waals surface area contributed by atoms with Crippen molar-refractivity contribution in [2.75, 3.05) is 13.2 Å². The van der Waals surface area contributed by atoms with Gasteiger partial charge in [-0.05, 0) is 12.8 Å². The Morgan fingerprint density at radius 2 is 2.00 bits per heavy atom. The molecule has 0 aromatic carbocycles. The number of ether oxygens (including phenoxy) is 1. The van der Waals surface area contributed by atoms with E-state index in [1.807, 2.05) is 0 Å². The monoisotopic (exact) mass is 197 g/mol. The predicted octanol–water partition coefficient (Wildman–Crippen LogP) is 0.0128. The number of hydrogen-bond acceptors (Lipinski definition) is 3. The minimum atomic E-state index is -0.0495. The average molecular weight is 197 g/mol. The van der Waals surface area contributed by atoms with Gasteiger partial charge in [-0.2, -0.15) is 5.10 Å². The van der Waals surface area contributed by atoms with E-state index in [9.17, 15) is 4.79 Å². The third kappa shape index (κ3) is 1.48. The van der Waals surface area contributed by atoms with Crippen LogP contribution in [0, 0.1) is 0 Å². The molecule has 0 spiro atoms. The first-order valence-corrected chi connectivity index (χ1v) is 4.88. The van der Waals surface area contributed by atoms with Crippen LogP contribution in [0.4, 0.5) is 0 Å². The van der Waals surface area contributed by atoms with Gasteiger partial charge in [0.1, 0.15) is 5.82 Å². The van der Waals surface area contributed by atoms with Gasteiger partial charge in [-0.25, -0.2) is 9.48 Å². The van der Waals surface area contributed by atoms with Gasteiger partial charge < -0.3 is 4.74 Å². The third-order valence-corrected chi connectivity index (χ3v) is 2.75. The summed E-state index contributed by atoms with van der Waals surface area (Å²) in [5, 5.41) is 4.24. The second-order valence-corrected chi connectivity index (χ2v) is 3.71. The number of rotatable bonds is 1. The molecule has 0 bridgehead atoms. The lowest BCUT2D eigenvalue weighted by atomic mass is 10.00. The van der Waals surface area contributed by atoms with Gasteiger partial charge in [-0.15, -0.1) is 0 Å². The molecule has 1 fully saturated rings. The second kappa shape index (κ2) is 3.57. The smallest absolute Gasteiger partial charge is 0.345 e. The zero-order chi connectivity index (χ0) is 10.1. The number of aromatic nitrogens is 3. The standard InChI is InChI=1S/C9H15N3O2/c1-11-8(10-12(2)9(11)13)7-3-5-14-6-4-7/h7H,3-6H2,1-2H3. The molecule has 0 radical (unpaired) electrons. The second-order valence-electron chi connectivity index (χ2n) is 3.71. The van der Waals surface area contributed by atoms with Crippen molar-refractivity contribution in [2.24, 2.45) is 14.1 Å². The summed E-state index contributed by atoms with van der Waals surface area (Å²) < 4.78 is 8.30. The average Bonchev–Trinajstić information content (AvgIpc) is 2.47. The SMILES string of the molecule is Cn1nc(C2CCOCC2)n(C)c1=O. The fourth-order valence-electron chi connectivity index (χ4n) is 1.89. The summed E-state index contributed by atoms with van der Waals surface area (Å²) in [6.45, 7) is 1.55. The third-order valence-electron chi connectivity index (χ3n) is 2.75. The molecular weight excluding hydrogens is 182 g/mol. The Kier molecular flexibility index (Phi) is 2.41. The van der Waals surface area contributed by atoms with E-state index < -0.39 is 0 Å². The first-order chi connectivity index (χ1) is 6.70. The Balaban J connectivity index is 2.31. The Labute approximate surface area is 82.3 Å². The van der Waals surface area contributed by atoms with Crippen molar-refractivity contribution >= 4 is 0 Å². The van der Waals surface area contributed by atoms with Crippen molar-refractivity contribution < 1.29 is 4.74 Å². The van der Waals surface area contributed by atoms with Gasteiger partial charge in [0.05, 0.1) is 0 Å². The maximum absolute atomic E-state index is 11.5. The number of nitrogens with zero attached hydrogens (tertiary/aromatic N) is 3. The molecule has 5 nitrogen and oxygen atoms in total. The van der Waals surface area contributed by atoms with Crippen LogP contribution >= 0.6 is 0 Å². The van der Waals surface area contributed by atoms with Crippen molar-refractivity contribution in [3.8, 4) is 0 Å². The van der Waals surface area contributed by atoms with Gasteiger partial charge >= 0.3 is 5.69 Å². The van der Waals surface area contributed by atoms with E-state index in [1.165, 1.54) is 4.68 Å². The zero-order valence-corrected chi connectivity index (χ0v) is 8.56. The van der Waals surface area contributed by atoms with Gasteiger partial charge in [-0.1, -0.05) is 0 Å². The number of hydrogen-bond donors (Lipinski definition) is 0. The van der Waals surface area contributed by atoms with E-state index in [2.05, 4.69) is 5.10 Å². The highest BCUT2D eigenvalue weighted by Gasteiger charge is 2.21. The van der Waals surface area contributed by atoms with E-state index in [-0.39, 0.29) is 5.69 Å². The zero-order valence-electron chi connectivity index (χ0n) is 8.56. The van der Waals surface area contributed by atoms with Gasteiger partial charge in [0.25, 0.3) is 0 Å². The highest BCUT2D eigenvalue weighted by Crippen LogP contribution is 2.23. The van der Waals surface area contributed by atoms with Crippen LogP contribution in [0.2, 0.25) is 0 Å². The molecule has 14 heavy (non-hydrogen) atoms. The lowest BCUT2D eigenvalue weighted by molar-refractivity contribution is 0.0828. The van der Waals surface area contributed by atoms with Gasteiger partial charge in [-0.3, -0.25) is 4.57 Å². The Morgan fingerprint density at radius 3 is 2.50 bits per heavy atom. The lowest BCUT2D eigenvalue weighted by Crippen LogP contribution is -2.22. The normalized spacial score (nSPS) is 18.7. The Morgan fingerprint density at radius 1 is 1.36 bits per heavy atom. The van der Waals surface area contributed by atoms with Crippen LogP contribution in [0.1, 0.15) is 24.6 Å². The van der Waals surface area contributed by atoms with Crippen LogP contribution in [-0.2, 0) is 18.8 Å². The molecule has 0 N–H and O–H groups in total. The van der Waals surface area contributed by atoms with E-state index >= 15 is 0 Å². The van der Waals surface area contributed by atoms with E-state index in [4.69, 9.17) is 4.74 Å². The summed E-state index contributed by atoms with van der Waals surface area (Å²) in [5.41, 5.74) is -0.0495. The quantitative estimate of drug-likeness (QED) is 0.637. The molecule has 0 aliphatic carbocycles. The molecule has 1 aromatic rings. The summed E-state index contributed by atoms with van der Waals surface area (Å²) in [5.74, 6) is 1.27. The fourth-order valence-corrected chi connectivity index (χ4v) is 1.89. The van der Waals surface area contributed by atoms with E-state index in [0.717, 1.165) is 31.9 Å². The van der Waals surface area contributed by atoms with Crippen LogP contribution in [-0.4, -0.2) is 27.6 Å². The summed E-state index contributed by atoms with van der Waals surface area (Å²) in [4.78, 5) is 11.5. The molecular formula is C9H15N3O2. The molecule has 0 atom stereocenters. The maximum Gasteiger partial charge on any atom is 0.345 e. The summed E-state index contributed by atoms with van der Waals surface area (Å²) >= 11 is 0. The molecule has 78 valence electrons. The van der Waals surface area contributed by atoms with Gasteiger partial charge in [0, 0.05) is 33.2 Å². The van der Waals surface area contributed by atoms with Gasteiger partial charge in [0.15, 0.2) is 0 Å². The molecule has 1 aliphatic rings. The van der Waals surface area contributed by atoms with Crippen LogP contribution < -0.4 is 5.69 Å². The molecule has 2 heterocycles. The van der Waals surface area contributed by atoms with Crippen LogP contribution in [0.3, 0.4) is 0 Å². The van der Waals surface area contributed by atoms with Crippen molar-refractivity contribution in [3.05, 3.63) is 16.3 Å². The summed E-state index contributed by atoms with van der Waals surface area (Å²) in [7, 11) is 3.46. The van der Waals surface area contributed by atoms with Crippen molar-refractivity contribution in [3.63, 3.8) is 0 Å². The van der Waals surface area contributed by atoms with Crippen molar-refractivity contribution in [1.29, 1.82) is 0 Å². The topological polar surface area (TPSA) is 49.0 Å². The van der Waals surface area contributed by atoms with Gasteiger partial charge in [0.2, 0.25) is 0 Å². The largest absolute Gasteiger partial charge is 0.381 e. The first-order valence-electron chi connectivity index (χ1n) is 4.88. The highest BCUT2D eigenvalue weighted by molar-refractivity contribution is 4.97. The van der Waals surface area contributed by atoms with Crippen LogP contribution in [0.5, 0.6) is 0 Å². The molecule has 0 amide bonds. The first kappa shape index (κ1) is 9.45. The molecule has 2 rings (SSSR count). The molecule has 0 unspecified atom stereocenters. The number of aryl methyl sites for hydroxylation is 1. The maximum atomic E-state index is 11.5. The molecule has 0 saturated carbocycles. The Hall–Kier alpha value is -1.10. The van der Waals surface area contributed by atoms with Crippen LogP contribution in [0.25, 0.3) is 0 Å². The van der Waals surface area contributed by atoms with E-state index in [0.29, 0.717) is 5.92 Å². The summed E-state index contributed by atoms with van der Waals surface area (Å²) in [6.07, 6.45) is 1.93. The molecule has 5 heteroatoms. The highest BCUT2D eigenvalue weighted by atomic mass is 16.5. The lowest BCUT2D eigenvalue weighted by Gasteiger charge is -2.20. The minimum Gasteiger partial charge on any atom is -0.381 e. The van der Waals surface area contributed by atoms with Crippen molar-refractivity contribution in [2.45, 2.75) is 18.8 Å². The van der Waals surface area contributed by atoms with E-state index in [1.54, 1.807) is 18.7 Å². The molecule has 1 saturated heterocycles. The van der Waals surface area contributed by atoms with Crippen molar-refractivity contribution in [1.82, 2.24) is 14.3 Å². The van der Waals surface area contributed by atoms with Crippen LogP contribution in [0.15, 0.2) is 4.79 Å².